The highest BCUT2D eigenvalue weighted by Crippen LogP contribution is 2.19. The molecule has 2 heteroatoms. The van der Waals surface area contributed by atoms with E-state index in [0.717, 1.165) is 32.3 Å². The molecule has 1 aliphatic rings. The summed E-state index contributed by atoms with van der Waals surface area (Å²) in [5.74, 6) is 0.679. The van der Waals surface area contributed by atoms with Gasteiger partial charge in [0.25, 0.3) is 0 Å². The maximum Gasteiger partial charge on any atom is 0.0833 e. The first-order valence-electron chi connectivity index (χ1n) is 5.50. The summed E-state index contributed by atoms with van der Waals surface area (Å²) in [6.45, 7) is 5.21. The number of rotatable bonds is 4. The lowest BCUT2D eigenvalue weighted by atomic mass is 9.97. The Bertz CT molecular complexity index is 128. The van der Waals surface area contributed by atoms with Gasteiger partial charge in [-0.15, -0.1) is 0 Å². The van der Waals surface area contributed by atoms with Gasteiger partial charge in [0.15, 0.2) is 0 Å². The van der Waals surface area contributed by atoms with Crippen LogP contribution in [-0.4, -0.2) is 23.9 Å². The minimum absolute atomic E-state index is 0.118. The number of hydrogen-bond donors (Lipinski definition) is 1. The van der Waals surface area contributed by atoms with Gasteiger partial charge in [0.2, 0.25) is 0 Å². The Morgan fingerprint density at radius 1 is 1.31 bits per heavy atom. The second kappa shape index (κ2) is 5.61. The van der Waals surface area contributed by atoms with Crippen molar-refractivity contribution in [1.82, 2.24) is 0 Å². The van der Waals surface area contributed by atoms with Crippen LogP contribution in [0.1, 0.15) is 46.0 Å². The fourth-order valence-electron chi connectivity index (χ4n) is 1.76. The van der Waals surface area contributed by atoms with Gasteiger partial charge in [-0.05, 0) is 38.0 Å². The smallest absolute Gasteiger partial charge is 0.0833 e. The van der Waals surface area contributed by atoms with Crippen molar-refractivity contribution in [3.05, 3.63) is 0 Å². The van der Waals surface area contributed by atoms with Gasteiger partial charge in [0, 0.05) is 6.61 Å². The normalized spacial score (nSPS) is 26.3. The molecule has 0 spiro atoms. The van der Waals surface area contributed by atoms with Crippen LogP contribution < -0.4 is 0 Å². The van der Waals surface area contributed by atoms with Gasteiger partial charge < -0.3 is 9.84 Å². The van der Waals surface area contributed by atoms with Crippen LogP contribution in [0.25, 0.3) is 0 Å². The summed E-state index contributed by atoms with van der Waals surface area (Å²) in [7, 11) is 0. The Hall–Kier alpha value is -0.0800. The molecule has 0 aromatic rings. The van der Waals surface area contributed by atoms with Crippen molar-refractivity contribution in [2.45, 2.75) is 58.2 Å². The molecule has 2 atom stereocenters. The highest BCUT2D eigenvalue weighted by molar-refractivity contribution is 4.72. The fourth-order valence-corrected chi connectivity index (χ4v) is 1.76. The third kappa shape index (κ3) is 4.10. The zero-order chi connectivity index (χ0) is 9.68. The molecule has 0 aliphatic carbocycles. The first-order valence-corrected chi connectivity index (χ1v) is 5.50. The molecular formula is C11H22O2. The Morgan fingerprint density at radius 3 is 2.62 bits per heavy atom. The van der Waals surface area contributed by atoms with E-state index >= 15 is 0 Å². The summed E-state index contributed by atoms with van der Waals surface area (Å²) >= 11 is 0. The molecule has 0 bridgehead atoms. The molecule has 1 heterocycles. The van der Waals surface area contributed by atoms with Crippen LogP contribution >= 0.6 is 0 Å². The molecule has 1 rings (SSSR count). The first-order chi connectivity index (χ1) is 6.20. The molecule has 0 aromatic carbocycles. The van der Waals surface area contributed by atoms with Crippen molar-refractivity contribution >= 4 is 0 Å². The summed E-state index contributed by atoms with van der Waals surface area (Å²) in [6.07, 6.45) is 5.29. The maximum atomic E-state index is 9.80. The van der Waals surface area contributed by atoms with Crippen LogP contribution in [0, 0.1) is 5.92 Å². The molecular weight excluding hydrogens is 164 g/mol. The van der Waals surface area contributed by atoms with Crippen LogP contribution in [0.4, 0.5) is 0 Å². The molecule has 1 saturated heterocycles. The lowest BCUT2D eigenvalue weighted by Crippen LogP contribution is -2.32. The number of ether oxygens (including phenoxy) is 1. The number of aliphatic hydroxyl groups excluding tert-OH is 1. The van der Waals surface area contributed by atoms with Crippen molar-refractivity contribution in [3.63, 3.8) is 0 Å². The van der Waals surface area contributed by atoms with E-state index in [4.69, 9.17) is 4.74 Å². The van der Waals surface area contributed by atoms with E-state index in [1.165, 1.54) is 6.42 Å². The second-order valence-electron chi connectivity index (χ2n) is 4.44. The van der Waals surface area contributed by atoms with Gasteiger partial charge in [-0.1, -0.05) is 13.8 Å². The van der Waals surface area contributed by atoms with Gasteiger partial charge in [0.05, 0.1) is 12.2 Å². The van der Waals surface area contributed by atoms with E-state index in [1.807, 2.05) is 0 Å². The van der Waals surface area contributed by atoms with Crippen LogP contribution in [0.5, 0.6) is 0 Å². The van der Waals surface area contributed by atoms with E-state index < -0.39 is 0 Å². The predicted octanol–water partition coefficient (Wildman–Crippen LogP) is 2.35. The van der Waals surface area contributed by atoms with Crippen molar-refractivity contribution < 1.29 is 9.84 Å². The third-order valence-corrected chi connectivity index (χ3v) is 2.68. The van der Waals surface area contributed by atoms with Crippen LogP contribution in [-0.2, 0) is 4.74 Å². The molecule has 13 heavy (non-hydrogen) atoms. The molecule has 0 radical (unpaired) electrons. The van der Waals surface area contributed by atoms with Gasteiger partial charge in [-0.2, -0.15) is 0 Å². The van der Waals surface area contributed by atoms with E-state index in [0.29, 0.717) is 5.92 Å². The summed E-state index contributed by atoms with van der Waals surface area (Å²) in [6, 6.07) is 0. The van der Waals surface area contributed by atoms with Gasteiger partial charge in [-0.25, -0.2) is 0 Å². The van der Waals surface area contributed by atoms with Crippen molar-refractivity contribution in [1.29, 1.82) is 0 Å². The summed E-state index contributed by atoms with van der Waals surface area (Å²) < 4.78 is 5.52. The first kappa shape index (κ1) is 11.0. The maximum absolute atomic E-state index is 9.80. The number of aliphatic hydroxyl groups is 1. The van der Waals surface area contributed by atoms with Crippen molar-refractivity contribution in [2.24, 2.45) is 5.92 Å². The summed E-state index contributed by atoms with van der Waals surface area (Å²) in [4.78, 5) is 0. The standard InChI is InChI=1S/C11H22O2/c1-9(2)6-7-10(12)11-5-3-4-8-13-11/h9-12H,3-8H2,1-2H3. The lowest BCUT2D eigenvalue weighted by molar-refractivity contribution is -0.0655. The quantitative estimate of drug-likeness (QED) is 0.730. The molecule has 1 aliphatic heterocycles. The Kier molecular flexibility index (Phi) is 4.74. The second-order valence-corrected chi connectivity index (χ2v) is 4.44. The summed E-state index contributed by atoms with van der Waals surface area (Å²) in [5, 5.41) is 9.80. The van der Waals surface area contributed by atoms with Crippen LogP contribution in [0.3, 0.4) is 0 Å². The molecule has 0 saturated carbocycles. The third-order valence-electron chi connectivity index (χ3n) is 2.68. The molecule has 2 unspecified atom stereocenters. The minimum atomic E-state index is -0.234. The lowest BCUT2D eigenvalue weighted by Gasteiger charge is -2.27. The molecule has 0 aromatic heterocycles. The SMILES string of the molecule is CC(C)CCC(O)C1CCCCO1. The minimum Gasteiger partial charge on any atom is -0.390 e. The zero-order valence-corrected chi connectivity index (χ0v) is 8.83. The van der Waals surface area contributed by atoms with Crippen LogP contribution in [0.2, 0.25) is 0 Å². The van der Waals surface area contributed by atoms with E-state index in [-0.39, 0.29) is 12.2 Å². The van der Waals surface area contributed by atoms with Crippen molar-refractivity contribution in [3.8, 4) is 0 Å². The average molecular weight is 186 g/mol. The van der Waals surface area contributed by atoms with Crippen molar-refractivity contribution in [2.75, 3.05) is 6.61 Å². The molecule has 1 fully saturated rings. The highest BCUT2D eigenvalue weighted by atomic mass is 16.5. The monoisotopic (exact) mass is 186 g/mol. The van der Waals surface area contributed by atoms with E-state index in [9.17, 15) is 5.11 Å². The van der Waals surface area contributed by atoms with Gasteiger partial charge in [-0.3, -0.25) is 0 Å². The highest BCUT2D eigenvalue weighted by Gasteiger charge is 2.22. The Morgan fingerprint density at radius 2 is 2.08 bits per heavy atom. The Balaban J connectivity index is 2.17. The van der Waals surface area contributed by atoms with E-state index in [2.05, 4.69) is 13.8 Å². The Labute approximate surface area is 81.3 Å². The summed E-state index contributed by atoms with van der Waals surface area (Å²) in [5.41, 5.74) is 0. The fraction of sp³-hybridized carbons (Fsp3) is 1.00. The topological polar surface area (TPSA) is 29.5 Å². The van der Waals surface area contributed by atoms with Gasteiger partial charge >= 0.3 is 0 Å². The largest absolute Gasteiger partial charge is 0.390 e. The average Bonchev–Trinajstić information content (AvgIpc) is 2.15. The molecule has 2 nitrogen and oxygen atoms in total. The molecule has 78 valence electrons. The van der Waals surface area contributed by atoms with Crippen LogP contribution in [0.15, 0.2) is 0 Å². The molecule has 1 N–H and O–H groups in total. The zero-order valence-electron chi connectivity index (χ0n) is 8.83. The predicted molar refractivity (Wildman–Crippen MR) is 53.7 cm³/mol. The van der Waals surface area contributed by atoms with Gasteiger partial charge in [0.1, 0.15) is 0 Å². The van der Waals surface area contributed by atoms with E-state index in [1.54, 1.807) is 0 Å². The number of hydrogen-bond acceptors (Lipinski definition) is 2. The molecule has 0 amide bonds.